The lowest BCUT2D eigenvalue weighted by atomic mass is 10.2. The van der Waals surface area contributed by atoms with Gasteiger partial charge in [0.05, 0.1) is 9.34 Å². The minimum Gasteiger partial charge on any atom is -0.362 e. The zero-order valence-electron chi connectivity index (χ0n) is 7.59. The first kappa shape index (κ1) is 9.31. The van der Waals surface area contributed by atoms with Crippen LogP contribution < -0.4 is 10.2 Å². The van der Waals surface area contributed by atoms with Gasteiger partial charge in [-0.3, -0.25) is 0 Å². The molecule has 1 saturated heterocycles. The molecule has 0 aromatic carbocycles. The zero-order valence-corrected chi connectivity index (χ0v) is 9.16. The maximum absolute atomic E-state index is 5.89. The predicted octanol–water partition coefficient (Wildman–Crippen LogP) is 2.20. The molecular weight excluding hydrogens is 204 g/mol. The van der Waals surface area contributed by atoms with Crippen LogP contribution >= 0.6 is 22.9 Å². The van der Waals surface area contributed by atoms with Crippen molar-refractivity contribution in [3.8, 4) is 0 Å². The molecule has 1 aliphatic heterocycles. The van der Waals surface area contributed by atoms with Gasteiger partial charge >= 0.3 is 0 Å². The van der Waals surface area contributed by atoms with Crippen LogP contribution in [0.3, 0.4) is 0 Å². The van der Waals surface area contributed by atoms with Crippen molar-refractivity contribution in [2.45, 2.75) is 12.5 Å². The molecular formula is C9H13ClN2S. The fourth-order valence-electron chi connectivity index (χ4n) is 1.64. The molecule has 0 spiro atoms. The molecule has 1 aromatic rings. The van der Waals surface area contributed by atoms with Crippen molar-refractivity contribution in [2.24, 2.45) is 0 Å². The summed E-state index contributed by atoms with van der Waals surface area (Å²) in [6, 6.07) is 4.68. The Morgan fingerprint density at radius 1 is 1.62 bits per heavy atom. The molecule has 1 N–H and O–H groups in total. The average Bonchev–Trinajstić information content (AvgIpc) is 2.72. The third-order valence-corrected chi connectivity index (χ3v) is 3.81. The van der Waals surface area contributed by atoms with Crippen molar-refractivity contribution >= 4 is 27.9 Å². The lowest BCUT2D eigenvalue weighted by molar-refractivity contribution is 0.690. The summed E-state index contributed by atoms with van der Waals surface area (Å²) in [6.07, 6.45) is 1.23. The molecule has 2 heterocycles. The Balaban J connectivity index is 2.07. The van der Waals surface area contributed by atoms with Crippen LogP contribution in [-0.2, 0) is 0 Å². The van der Waals surface area contributed by atoms with Crippen LogP contribution in [0.25, 0.3) is 0 Å². The highest BCUT2D eigenvalue weighted by Crippen LogP contribution is 2.30. The second kappa shape index (κ2) is 3.86. The van der Waals surface area contributed by atoms with E-state index in [4.69, 9.17) is 11.6 Å². The molecule has 0 bridgehead atoms. The summed E-state index contributed by atoms with van der Waals surface area (Å²) in [5.41, 5.74) is 0. The first-order valence-corrected chi connectivity index (χ1v) is 5.65. The Kier molecular flexibility index (Phi) is 2.77. The van der Waals surface area contributed by atoms with E-state index in [1.165, 1.54) is 11.4 Å². The Morgan fingerprint density at radius 2 is 2.46 bits per heavy atom. The Hall–Kier alpha value is -0.250. The Bertz CT molecular complexity index is 281. The summed E-state index contributed by atoms with van der Waals surface area (Å²) in [4.78, 5) is 2.32. The largest absolute Gasteiger partial charge is 0.362 e. The molecule has 1 aromatic heterocycles. The van der Waals surface area contributed by atoms with Crippen molar-refractivity contribution in [1.82, 2.24) is 5.32 Å². The van der Waals surface area contributed by atoms with E-state index in [0.717, 1.165) is 17.4 Å². The normalized spacial score (nSPS) is 22.2. The van der Waals surface area contributed by atoms with E-state index in [-0.39, 0.29) is 0 Å². The van der Waals surface area contributed by atoms with E-state index in [1.807, 2.05) is 6.07 Å². The monoisotopic (exact) mass is 216 g/mol. The highest BCUT2D eigenvalue weighted by molar-refractivity contribution is 7.19. The van der Waals surface area contributed by atoms with Gasteiger partial charge in [-0.25, -0.2) is 0 Å². The third-order valence-electron chi connectivity index (χ3n) is 2.49. The van der Waals surface area contributed by atoms with Crippen molar-refractivity contribution in [2.75, 3.05) is 25.0 Å². The predicted molar refractivity (Wildman–Crippen MR) is 59.0 cm³/mol. The summed E-state index contributed by atoms with van der Waals surface area (Å²) in [7, 11) is 2.14. The van der Waals surface area contributed by atoms with Crippen LogP contribution in [0.2, 0.25) is 4.34 Å². The second-order valence-electron chi connectivity index (χ2n) is 3.34. The molecule has 0 radical (unpaired) electrons. The van der Waals surface area contributed by atoms with E-state index < -0.39 is 0 Å². The minimum absolute atomic E-state index is 0.634. The fraction of sp³-hybridized carbons (Fsp3) is 0.556. The molecule has 4 heteroatoms. The van der Waals surface area contributed by atoms with Crippen LogP contribution in [0.15, 0.2) is 12.1 Å². The fourth-order valence-corrected chi connectivity index (χ4v) is 2.71. The smallest absolute Gasteiger partial charge is 0.0950 e. The molecule has 1 aliphatic rings. The molecule has 0 amide bonds. The third kappa shape index (κ3) is 1.98. The molecule has 2 rings (SSSR count). The molecule has 1 unspecified atom stereocenters. The number of rotatable bonds is 2. The van der Waals surface area contributed by atoms with Gasteiger partial charge in [-0.2, -0.15) is 0 Å². The summed E-state index contributed by atoms with van der Waals surface area (Å²) < 4.78 is 0.868. The lowest BCUT2D eigenvalue weighted by Gasteiger charge is -2.23. The Morgan fingerprint density at radius 3 is 3.00 bits per heavy atom. The maximum atomic E-state index is 5.89. The van der Waals surface area contributed by atoms with E-state index in [9.17, 15) is 0 Å². The molecule has 1 atom stereocenters. The van der Waals surface area contributed by atoms with Crippen LogP contribution in [-0.4, -0.2) is 26.2 Å². The van der Waals surface area contributed by atoms with E-state index in [2.05, 4.69) is 23.3 Å². The molecule has 2 nitrogen and oxygen atoms in total. The van der Waals surface area contributed by atoms with Gasteiger partial charge in [0.25, 0.3) is 0 Å². The van der Waals surface area contributed by atoms with Crippen molar-refractivity contribution < 1.29 is 0 Å². The van der Waals surface area contributed by atoms with Gasteiger partial charge in [-0.05, 0) is 25.1 Å². The van der Waals surface area contributed by atoms with Gasteiger partial charge in [0.2, 0.25) is 0 Å². The van der Waals surface area contributed by atoms with E-state index in [0.29, 0.717) is 6.04 Å². The molecule has 1 fully saturated rings. The number of hydrogen-bond acceptors (Lipinski definition) is 3. The van der Waals surface area contributed by atoms with Crippen LogP contribution in [0.1, 0.15) is 6.42 Å². The number of anilines is 1. The van der Waals surface area contributed by atoms with E-state index in [1.54, 1.807) is 11.3 Å². The Labute approximate surface area is 87.5 Å². The number of nitrogens with one attached hydrogen (secondary N) is 1. The second-order valence-corrected chi connectivity index (χ2v) is 5.03. The number of likely N-dealkylation sites (N-methyl/N-ethyl adjacent to an activating group) is 1. The van der Waals surface area contributed by atoms with Gasteiger partial charge in [0.15, 0.2) is 0 Å². The average molecular weight is 217 g/mol. The van der Waals surface area contributed by atoms with Gasteiger partial charge in [-0.15, -0.1) is 11.3 Å². The van der Waals surface area contributed by atoms with Crippen LogP contribution in [0.5, 0.6) is 0 Å². The van der Waals surface area contributed by atoms with Crippen molar-refractivity contribution in [3.05, 3.63) is 16.5 Å². The summed E-state index contributed by atoms with van der Waals surface area (Å²) in [5.74, 6) is 0. The van der Waals surface area contributed by atoms with Crippen LogP contribution in [0.4, 0.5) is 5.00 Å². The maximum Gasteiger partial charge on any atom is 0.0950 e. The van der Waals surface area contributed by atoms with Gasteiger partial charge in [0, 0.05) is 19.6 Å². The molecule has 13 heavy (non-hydrogen) atoms. The number of halogens is 1. The van der Waals surface area contributed by atoms with Gasteiger partial charge < -0.3 is 10.2 Å². The summed E-state index contributed by atoms with van der Waals surface area (Å²) >= 11 is 7.53. The summed E-state index contributed by atoms with van der Waals surface area (Å²) in [6.45, 7) is 2.22. The van der Waals surface area contributed by atoms with Gasteiger partial charge in [0.1, 0.15) is 0 Å². The van der Waals surface area contributed by atoms with E-state index >= 15 is 0 Å². The van der Waals surface area contributed by atoms with Gasteiger partial charge in [-0.1, -0.05) is 11.6 Å². The summed E-state index contributed by atoms with van der Waals surface area (Å²) in [5, 5.41) is 4.62. The SMILES string of the molecule is CN(c1ccc(Cl)s1)C1CCNC1. The number of nitrogens with zero attached hydrogens (tertiary/aromatic N) is 1. The van der Waals surface area contributed by atoms with Crippen molar-refractivity contribution in [3.63, 3.8) is 0 Å². The minimum atomic E-state index is 0.634. The van der Waals surface area contributed by atoms with Crippen LogP contribution in [0, 0.1) is 0 Å². The van der Waals surface area contributed by atoms with Crippen molar-refractivity contribution in [1.29, 1.82) is 0 Å². The highest BCUT2D eigenvalue weighted by atomic mass is 35.5. The lowest BCUT2D eigenvalue weighted by Crippen LogP contribution is -2.32. The first-order valence-electron chi connectivity index (χ1n) is 4.46. The topological polar surface area (TPSA) is 15.3 Å². The number of hydrogen-bond donors (Lipinski definition) is 1. The standard InChI is InChI=1S/C9H13ClN2S/c1-12(7-4-5-11-6-7)9-3-2-8(10)13-9/h2-3,7,11H,4-6H2,1H3. The molecule has 0 aliphatic carbocycles. The highest BCUT2D eigenvalue weighted by Gasteiger charge is 2.20. The molecule has 72 valence electrons. The zero-order chi connectivity index (χ0) is 9.26. The first-order chi connectivity index (χ1) is 6.27. The molecule has 0 saturated carbocycles. The quantitative estimate of drug-likeness (QED) is 0.816. The number of thiophene rings is 1.